The molecule has 0 bridgehead atoms. The molecule has 10 nitrogen and oxygen atoms in total. The smallest absolute Gasteiger partial charge is 0.329 e. The third-order valence-corrected chi connectivity index (χ3v) is 9.28. The molecule has 4 rings (SSSR count). The fourth-order valence-corrected chi connectivity index (χ4v) is 6.56. The van der Waals surface area contributed by atoms with Crippen LogP contribution in [0.2, 0.25) is 0 Å². The van der Waals surface area contributed by atoms with E-state index in [1.54, 1.807) is 12.1 Å². The Balaban J connectivity index is 1.14. The van der Waals surface area contributed by atoms with Crippen LogP contribution in [0.5, 0.6) is 0 Å². The Morgan fingerprint density at radius 1 is 1.00 bits per heavy atom. The van der Waals surface area contributed by atoms with Gasteiger partial charge in [0.25, 0.3) is 5.91 Å². The largest absolute Gasteiger partial charge is 0.338 e. The molecule has 2 fully saturated rings. The van der Waals surface area contributed by atoms with Crippen LogP contribution < -0.4 is 15.4 Å². The van der Waals surface area contributed by atoms with Crippen molar-refractivity contribution < 1.29 is 22.8 Å². The van der Waals surface area contributed by atoms with E-state index in [2.05, 4.69) is 22.3 Å². The lowest BCUT2D eigenvalue weighted by Crippen LogP contribution is -2.52. The maximum absolute atomic E-state index is 12.7. The van der Waals surface area contributed by atoms with Crippen LogP contribution in [0.3, 0.4) is 0 Å². The molecule has 1 aliphatic carbocycles. The van der Waals surface area contributed by atoms with Crippen LogP contribution in [0.4, 0.5) is 9.59 Å². The molecule has 5 amide bonds. The highest BCUT2D eigenvalue weighted by Crippen LogP contribution is 2.27. The van der Waals surface area contributed by atoms with Crippen molar-refractivity contribution in [1.29, 1.82) is 0 Å². The fourth-order valence-electron chi connectivity index (χ4n) is 5.45. The molecule has 36 heavy (non-hydrogen) atoms. The number of hydrogen-bond acceptors (Lipinski definition) is 5. The van der Waals surface area contributed by atoms with E-state index < -0.39 is 22.3 Å². The van der Waals surface area contributed by atoms with Crippen molar-refractivity contribution in [3.63, 3.8) is 0 Å². The zero-order chi connectivity index (χ0) is 25.7. The van der Waals surface area contributed by atoms with Gasteiger partial charge in [-0.3, -0.25) is 9.69 Å². The van der Waals surface area contributed by atoms with Crippen LogP contribution >= 0.6 is 0 Å². The van der Waals surface area contributed by atoms with Crippen LogP contribution in [-0.4, -0.2) is 61.3 Å². The van der Waals surface area contributed by atoms with Gasteiger partial charge < -0.3 is 10.6 Å². The zero-order valence-electron chi connectivity index (χ0n) is 20.9. The van der Waals surface area contributed by atoms with E-state index in [0.29, 0.717) is 50.4 Å². The molecule has 198 valence electrons. The highest BCUT2D eigenvalue weighted by atomic mass is 32.2. The Hall–Kier alpha value is -2.66. The summed E-state index contributed by atoms with van der Waals surface area (Å²) in [6, 6.07) is 6.16. The summed E-state index contributed by atoms with van der Waals surface area (Å²) in [5.74, 6) is 0.668. The molecule has 1 saturated heterocycles. The van der Waals surface area contributed by atoms with Gasteiger partial charge in [0.1, 0.15) is 0 Å². The van der Waals surface area contributed by atoms with Crippen molar-refractivity contribution in [2.24, 2.45) is 11.8 Å². The van der Waals surface area contributed by atoms with Gasteiger partial charge >= 0.3 is 22.3 Å². The number of carbonyl (C=O) groups excluding carboxylic acids is 3. The highest BCUT2D eigenvalue weighted by molar-refractivity contribution is 7.87. The minimum Gasteiger partial charge on any atom is -0.338 e. The van der Waals surface area contributed by atoms with Crippen molar-refractivity contribution in [3.05, 3.63) is 35.4 Å². The molecular formula is C25H37N5O5S. The molecule has 0 spiro atoms. The molecule has 2 heterocycles. The Labute approximate surface area is 213 Å². The summed E-state index contributed by atoms with van der Waals surface area (Å²) < 4.78 is 28.8. The summed E-state index contributed by atoms with van der Waals surface area (Å²) in [4.78, 5) is 38.4. The fraction of sp³-hybridized carbons (Fsp3) is 0.640. The first kappa shape index (κ1) is 26.4. The van der Waals surface area contributed by atoms with Crippen molar-refractivity contribution in [3.8, 4) is 0 Å². The van der Waals surface area contributed by atoms with Gasteiger partial charge in [-0.25, -0.2) is 14.3 Å². The Morgan fingerprint density at radius 3 is 2.36 bits per heavy atom. The molecule has 2 aliphatic heterocycles. The summed E-state index contributed by atoms with van der Waals surface area (Å²) in [6.45, 7) is 3.51. The van der Waals surface area contributed by atoms with Gasteiger partial charge in [0.05, 0.1) is 6.54 Å². The average Bonchev–Trinajstić information content (AvgIpc) is 3.21. The SMILES string of the molecule is CCC1CCC(NC(=O)NS(=O)(=O)N2CCC(CCNC(=O)N3Cc4ccccc4C3=O)CC2)CC1. The molecule has 11 heteroatoms. The normalized spacial score (nSPS) is 23.2. The number of fused-ring (bicyclic) bond motifs is 1. The quantitative estimate of drug-likeness (QED) is 0.510. The number of nitrogens with one attached hydrogen (secondary N) is 3. The molecule has 0 radical (unpaired) electrons. The van der Waals surface area contributed by atoms with Crippen molar-refractivity contribution in [2.75, 3.05) is 19.6 Å². The minimum absolute atomic E-state index is 0.0222. The van der Waals surface area contributed by atoms with Gasteiger partial charge in [-0.15, -0.1) is 0 Å². The van der Waals surface area contributed by atoms with Gasteiger partial charge in [-0.1, -0.05) is 31.5 Å². The lowest BCUT2D eigenvalue weighted by Gasteiger charge is -2.32. The number of urea groups is 2. The van der Waals surface area contributed by atoms with Crippen LogP contribution in [0.1, 0.15) is 74.2 Å². The molecule has 1 aromatic rings. The van der Waals surface area contributed by atoms with E-state index in [4.69, 9.17) is 0 Å². The number of hydrogen-bond donors (Lipinski definition) is 3. The standard InChI is InChI=1S/C25H37N5O5S/c1-2-18-7-9-21(10-8-18)27-24(32)28-36(34,35)29-15-12-19(13-16-29)11-14-26-25(33)30-17-20-5-3-4-6-22(20)23(30)31/h3-6,18-19,21H,2,7-17H2,1H3,(H,26,33)(H2,27,28,32). The van der Waals surface area contributed by atoms with E-state index in [9.17, 15) is 22.8 Å². The summed E-state index contributed by atoms with van der Waals surface area (Å²) in [5, 5.41) is 5.63. The molecule has 0 unspecified atom stereocenters. The number of imide groups is 1. The number of amides is 5. The van der Waals surface area contributed by atoms with Crippen LogP contribution in [0.25, 0.3) is 0 Å². The molecule has 1 aromatic carbocycles. The summed E-state index contributed by atoms with van der Waals surface area (Å²) in [5.41, 5.74) is 1.41. The van der Waals surface area contributed by atoms with E-state index in [0.717, 1.165) is 37.7 Å². The predicted octanol–water partition coefficient (Wildman–Crippen LogP) is 2.97. The number of carbonyl (C=O) groups is 3. The highest BCUT2D eigenvalue weighted by Gasteiger charge is 2.33. The minimum atomic E-state index is -3.89. The van der Waals surface area contributed by atoms with E-state index >= 15 is 0 Å². The molecule has 0 atom stereocenters. The first-order valence-electron chi connectivity index (χ1n) is 13.0. The summed E-state index contributed by atoms with van der Waals surface area (Å²) in [7, 11) is -3.89. The first-order valence-corrected chi connectivity index (χ1v) is 14.5. The van der Waals surface area contributed by atoms with E-state index in [-0.39, 0.29) is 24.4 Å². The lowest BCUT2D eigenvalue weighted by molar-refractivity contribution is 0.0820. The van der Waals surface area contributed by atoms with Crippen LogP contribution in [-0.2, 0) is 16.8 Å². The van der Waals surface area contributed by atoms with Crippen LogP contribution in [0, 0.1) is 11.8 Å². The number of rotatable bonds is 7. The predicted molar refractivity (Wildman–Crippen MR) is 135 cm³/mol. The maximum atomic E-state index is 12.7. The first-order chi connectivity index (χ1) is 17.3. The van der Waals surface area contributed by atoms with Gasteiger partial charge in [0.2, 0.25) is 0 Å². The van der Waals surface area contributed by atoms with Gasteiger partial charge in [-0.2, -0.15) is 12.7 Å². The Bertz CT molecular complexity index is 1060. The molecule has 3 aliphatic rings. The Morgan fingerprint density at radius 2 is 1.69 bits per heavy atom. The third-order valence-electron chi connectivity index (χ3n) is 7.79. The van der Waals surface area contributed by atoms with E-state index in [1.807, 2.05) is 12.1 Å². The van der Waals surface area contributed by atoms with Crippen molar-refractivity contribution in [2.45, 2.75) is 70.9 Å². The second kappa shape index (κ2) is 11.6. The second-order valence-corrected chi connectivity index (χ2v) is 11.8. The van der Waals surface area contributed by atoms with Crippen LogP contribution in [0.15, 0.2) is 24.3 Å². The summed E-state index contributed by atoms with van der Waals surface area (Å²) in [6.07, 6.45) is 7.01. The third kappa shape index (κ3) is 6.36. The molecular weight excluding hydrogens is 482 g/mol. The maximum Gasteiger partial charge on any atom is 0.329 e. The van der Waals surface area contributed by atoms with Gasteiger partial charge in [0, 0.05) is 31.2 Å². The number of nitrogens with zero attached hydrogens (tertiary/aromatic N) is 2. The number of piperidine rings is 1. The van der Waals surface area contributed by atoms with E-state index in [1.165, 1.54) is 9.21 Å². The monoisotopic (exact) mass is 519 g/mol. The molecule has 1 saturated carbocycles. The number of benzene rings is 1. The van der Waals surface area contributed by atoms with Gasteiger partial charge in [-0.05, 0) is 68.4 Å². The Kier molecular flexibility index (Phi) is 8.50. The van der Waals surface area contributed by atoms with Gasteiger partial charge in [0.15, 0.2) is 0 Å². The van der Waals surface area contributed by atoms with Crippen molar-refractivity contribution in [1.82, 2.24) is 24.6 Å². The lowest BCUT2D eigenvalue weighted by atomic mass is 9.85. The zero-order valence-corrected chi connectivity index (χ0v) is 21.7. The van der Waals surface area contributed by atoms with Crippen molar-refractivity contribution >= 4 is 28.2 Å². The molecule has 0 aromatic heterocycles. The topological polar surface area (TPSA) is 128 Å². The second-order valence-electron chi connectivity index (χ2n) is 10.1. The molecule has 3 N–H and O–H groups in total. The summed E-state index contributed by atoms with van der Waals surface area (Å²) >= 11 is 0. The average molecular weight is 520 g/mol.